The molecule has 1 amide bonds. The number of amides is 1. The van der Waals surface area contributed by atoms with E-state index in [0.29, 0.717) is 23.1 Å². The topological polar surface area (TPSA) is 106 Å². The molecule has 9 heteroatoms. The monoisotopic (exact) mass is 406 g/mol. The summed E-state index contributed by atoms with van der Waals surface area (Å²) in [6.07, 6.45) is 2.65. The molecule has 0 aromatic carbocycles. The molecular weight excluding hydrogens is 380 g/mol. The van der Waals surface area contributed by atoms with Gasteiger partial charge >= 0.3 is 0 Å². The summed E-state index contributed by atoms with van der Waals surface area (Å²) in [6, 6.07) is 7.22. The number of H-pyrrole nitrogens is 1. The lowest BCUT2D eigenvalue weighted by atomic mass is 10.0. The fourth-order valence-electron chi connectivity index (χ4n) is 3.74. The molecule has 0 bridgehead atoms. The van der Waals surface area contributed by atoms with Gasteiger partial charge in [-0.15, -0.1) is 10.2 Å². The molecule has 0 fully saturated rings. The van der Waals surface area contributed by atoms with Gasteiger partial charge in [-0.2, -0.15) is 10.2 Å². The van der Waals surface area contributed by atoms with Crippen LogP contribution in [0.5, 0.6) is 0 Å². The molecule has 0 unspecified atom stereocenters. The molecule has 0 saturated heterocycles. The summed E-state index contributed by atoms with van der Waals surface area (Å²) in [6.45, 7) is 8.15. The summed E-state index contributed by atoms with van der Waals surface area (Å²) in [4.78, 5) is 13.0. The Kier molecular flexibility index (Phi) is 5.11. The van der Waals surface area contributed by atoms with Gasteiger partial charge in [0, 0.05) is 24.5 Å². The third-order valence-corrected chi connectivity index (χ3v) is 5.25. The van der Waals surface area contributed by atoms with E-state index in [1.807, 2.05) is 54.4 Å². The highest BCUT2D eigenvalue weighted by Crippen LogP contribution is 2.26. The maximum absolute atomic E-state index is 13.0. The highest BCUT2D eigenvalue weighted by atomic mass is 16.2. The fraction of sp³-hybridized carbons (Fsp3) is 0.381. The second kappa shape index (κ2) is 7.74. The number of carbonyl (C=O) groups is 1. The highest BCUT2D eigenvalue weighted by Gasteiger charge is 2.24. The van der Waals surface area contributed by atoms with Crippen LogP contribution in [0.2, 0.25) is 0 Å². The number of carbonyl (C=O) groups excluding carboxylic acids is 1. The van der Waals surface area contributed by atoms with Crippen LogP contribution in [0, 0.1) is 19.8 Å². The van der Waals surface area contributed by atoms with Crippen LogP contribution < -0.4 is 5.32 Å². The van der Waals surface area contributed by atoms with E-state index >= 15 is 0 Å². The van der Waals surface area contributed by atoms with E-state index in [1.54, 1.807) is 6.07 Å². The average Bonchev–Trinajstić information content (AvgIpc) is 3.39. The van der Waals surface area contributed by atoms with Crippen molar-refractivity contribution in [2.24, 2.45) is 13.0 Å². The number of hydrogen-bond acceptors (Lipinski definition) is 5. The Labute approximate surface area is 174 Å². The van der Waals surface area contributed by atoms with Gasteiger partial charge in [-0.3, -0.25) is 19.0 Å². The number of nitrogens with zero attached hydrogens (tertiary/aromatic N) is 6. The van der Waals surface area contributed by atoms with Gasteiger partial charge in [-0.05, 0) is 44.4 Å². The minimum absolute atomic E-state index is 0.230. The number of aryl methyl sites for hydroxylation is 2. The number of nitrogens with one attached hydrogen (secondary N) is 2. The van der Waals surface area contributed by atoms with E-state index in [1.165, 1.54) is 0 Å². The molecule has 0 aliphatic rings. The molecule has 4 aromatic heterocycles. The Morgan fingerprint density at radius 3 is 2.73 bits per heavy atom. The van der Waals surface area contributed by atoms with E-state index in [2.05, 4.69) is 44.7 Å². The van der Waals surface area contributed by atoms with E-state index in [0.717, 1.165) is 29.0 Å². The first-order valence-corrected chi connectivity index (χ1v) is 10.0. The predicted molar refractivity (Wildman–Crippen MR) is 113 cm³/mol. The van der Waals surface area contributed by atoms with Crippen LogP contribution in [0.1, 0.15) is 54.0 Å². The molecule has 30 heavy (non-hydrogen) atoms. The van der Waals surface area contributed by atoms with Gasteiger partial charge in [0.25, 0.3) is 5.91 Å². The van der Waals surface area contributed by atoms with Gasteiger partial charge in [-0.1, -0.05) is 19.9 Å². The van der Waals surface area contributed by atoms with E-state index in [9.17, 15) is 4.79 Å². The number of aromatic amines is 1. The molecule has 0 radical (unpaired) electrons. The minimum atomic E-state index is -0.275. The van der Waals surface area contributed by atoms with Crippen LogP contribution in [0.3, 0.4) is 0 Å². The van der Waals surface area contributed by atoms with Crippen molar-refractivity contribution in [1.29, 1.82) is 0 Å². The lowest BCUT2D eigenvalue weighted by Crippen LogP contribution is -2.31. The molecule has 4 heterocycles. The first-order valence-electron chi connectivity index (χ1n) is 10.0. The van der Waals surface area contributed by atoms with Crippen molar-refractivity contribution >= 4 is 11.6 Å². The van der Waals surface area contributed by atoms with Crippen LogP contribution in [-0.4, -0.2) is 40.5 Å². The highest BCUT2D eigenvalue weighted by molar-refractivity contribution is 5.93. The fourth-order valence-corrected chi connectivity index (χ4v) is 3.74. The van der Waals surface area contributed by atoms with Gasteiger partial charge in [0.2, 0.25) is 0 Å². The standard InChI is InChI=1S/C21H26N8O/c1-12(2)10-16(20-26-25-18-8-6-7-9-29(18)20)22-21(30)17-11-15(23-24-17)19-13(3)27-28(5)14(19)4/h6-9,11-12,16H,10H2,1-5H3,(H,22,30)(H,23,24)/t16-/m0/s1. The molecule has 9 nitrogen and oxygen atoms in total. The quantitative estimate of drug-likeness (QED) is 0.512. The molecule has 0 spiro atoms. The number of rotatable bonds is 6. The molecule has 4 rings (SSSR count). The molecule has 2 N–H and O–H groups in total. The largest absolute Gasteiger partial charge is 0.341 e. The Bertz CT molecular complexity index is 1200. The number of fused-ring (bicyclic) bond motifs is 1. The average molecular weight is 406 g/mol. The molecule has 4 aromatic rings. The summed E-state index contributed by atoms with van der Waals surface area (Å²) in [5.74, 6) is 0.849. The SMILES string of the molecule is Cc1nn(C)c(C)c1-c1cc(C(=O)N[C@@H](CC(C)C)c2nnc3ccccn23)[nH]n1. The van der Waals surface area contributed by atoms with E-state index in [4.69, 9.17) is 0 Å². The zero-order valence-corrected chi connectivity index (χ0v) is 17.8. The van der Waals surface area contributed by atoms with Crippen LogP contribution >= 0.6 is 0 Å². The summed E-state index contributed by atoms with van der Waals surface area (Å²) in [5.41, 5.74) is 4.67. The van der Waals surface area contributed by atoms with Gasteiger partial charge < -0.3 is 5.32 Å². The van der Waals surface area contributed by atoms with E-state index < -0.39 is 0 Å². The van der Waals surface area contributed by atoms with Gasteiger partial charge in [-0.25, -0.2) is 0 Å². The van der Waals surface area contributed by atoms with Gasteiger partial charge in [0.05, 0.1) is 17.4 Å². The number of aromatic nitrogens is 7. The summed E-state index contributed by atoms with van der Waals surface area (Å²) < 4.78 is 3.72. The molecular formula is C21H26N8O. The lowest BCUT2D eigenvalue weighted by molar-refractivity contribution is 0.0924. The Hall–Kier alpha value is -3.49. The zero-order chi connectivity index (χ0) is 21.4. The predicted octanol–water partition coefficient (Wildman–Crippen LogP) is 2.99. The molecule has 156 valence electrons. The Morgan fingerprint density at radius 1 is 1.23 bits per heavy atom. The zero-order valence-electron chi connectivity index (χ0n) is 17.8. The second-order valence-electron chi connectivity index (χ2n) is 7.98. The minimum Gasteiger partial charge on any atom is -0.341 e. The van der Waals surface area contributed by atoms with Crippen molar-refractivity contribution in [3.05, 3.63) is 53.4 Å². The maximum atomic E-state index is 13.0. The summed E-state index contributed by atoms with van der Waals surface area (Å²) in [7, 11) is 1.89. The summed E-state index contributed by atoms with van der Waals surface area (Å²) in [5, 5.41) is 23.3. The van der Waals surface area contributed by atoms with E-state index in [-0.39, 0.29) is 11.9 Å². The molecule has 1 atom stereocenters. The van der Waals surface area contributed by atoms with Crippen LogP contribution in [0.4, 0.5) is 0 Å². The van der Waals surface area contributed by atoms with Crippen molar-refractivity contribution < 1.29 is 4.79 Å². The Balaban J connectivity index is 1.61. The first-order chi connectivity index (χ1) is 14.3. The smallest absolute Gasteiger partial charge is 0.269 e. The van der Waals surface area contributed by atoms with Gasteiger partial charge in [0.15, 0.2) is 11.5 Å². The molecule has 0 saturated carbocycles. The second-order valence-corrected chi connectivity index (χ2v) is 7.98. The summed E-state index contributed by atoms with van der Waals surface area (Å²) >= 11 is 0. The molecule has 0 aliphatic carbocycles. The third kappa shape index (κ3) is 3.58. The van der Waals surface area contributed by atoms with Crippen molar-refractivity contribution in [1.82, 2.24) is 39.9 Å². The van der Waals surface area contributed by atoms with Crippen molar-refractivity contribution in [2.75, 3.05) is 0 Å². The van der Waals surface area contributed by atoms with Crippen molar-refractivity contribution in [3.8, 4) is 11.3 Å². The molecule has 0 aliphatic heterocycles. The van der Waals surface area contributed by atoms with Crippen molar-refractivity contribution in [3.63, 3.8) is 0 Å². The van der Waals surface area contributed by atoms with Crippen molar-refractivity contribution in [2.45, 2.75) is 40.2 Å². The first kappa shape index (κ1) is 19.8. The maximum Gasteiger partial charge on any atom is 0.269 e. The number of hydrogen-bond donors (Lipinski definition) is 2. The third-order valence-electron chi connectivity index (χ3n) is 5.25. The number of pyridine rings is 1. The Morgan fingerprint density at radius 2 is 2.03 bits per heavy atom. The van der Waals surface area contributed by atoms with Crippen LogP contribution in [0.25, 0.3) is 16.9 Å². The van der Waals surface area contributed by atoms with Crippen LogP contribution in [0.15, 0.2) is 30.5 Å². The van der Waals surface area contributed by atoms with Crippen LogP contribution in [-0.2, 0) is 7.05 Å². The van der Waals surface area contributed by atoms with Gasteiger partial charge in [0.1, 0.15) is 5.69 Å². The normalized spacial score (nSPS) is 12.6. The lowest BCUT2D eigenvalue weighted by Gasteiger charge is -2.18.